The van der Waals surface area contributed by atoms with Crippen LogP contribution in [0.4, 0.5) is 24.5 Å². The highest BCUT2D eigenvalue weighted by molar-refractivity contribution is 6.31. The van der Waals surface area contributed by atoms with Crippen LogP contribution in [0.15, 0.2) is 67.0 Å². The van der Waals surface area contributed by atoms with E-state index in [2.05, 4.69) is 10.3 Å². The van der Waals surface area contributed by atoms with Crippen LogP contribution >= 0.6 is 11.6 Å². The number of nitrogens with zero attached hydrogens (tertiary/aromatic N) is 4. The summed E-state index contributed by atoms with van der Waals surface area (Å²) >= 11 is 6.45. The van der Waals surface area contributed by atoms with Gasteiger partial charge in [-0.2, -0.15) is 5.26 Å². The van der Waals surface area contributed by atoms with Crippen LogP contribution in [-0.4, -0.2) is 40.7 Å². The third-order valence-corrected chi connectivity index (χ3v) is 7.54. The van der Waals surface area contributed by atoms with Crippen molar-refractivity contribution < 1.29 is 27.6 Å². The predicted molar refractivity (Wildman–Crippen MR) is 144 cm³/mol. The molecule has 1 saturated carbocycles. The van der Waals surface area contributed by atoms with E-state index in [1.165, 1.54) is 34.2 Å². The molecule has 2 aliphatic rings. The number of pyridine rings is 1. The Balaban J connectivity index is 1.50. The lowest BCUT2D eigenvalue weighted by atomic mass is 9.84. The second kappa shape index (κ2) is 11.2. The van der Waals surface area contributed by atoms with Crippen molar-refractivity contribution in [3.05, 3.63) is 89.0 Å². The Bertz CT molecular complexity index is 1550. The molecular formula is C29H23ClF3N5O3. The summed E-state index contributed by atoms with van der Waals surface area (Å²) in [6.45, 7) is 0. The molecule has 0 bridgehead atoms. The number of anilines is 2. The normalized spacial score (nSPS) is 18.8. The molecule has 5 rings (SSSR count). The Hall–Kier alpha value is -4.43. The standard InChI is InChI=1S/C29H23ClF3N5O3/c30-23-7-2-1-6-22(23)26(37(21-12-29(32,33)13-21)20-11-18(31)15-35-16-20)28(41)36-27(40)24-8-9-25(39)38(24)19-5-3-4-17(10-19)14-34/h1-7,10-11,15-16,21,24,26H,8-9,12-13H2,(H,36,40,41)/t24-,26-/m0/s1. The van der Waals surface area contributed by atoms with E-state index in [4.69, 9.17) is 11.6 Å². The van der Waals surface area contributed by atoms with Crippen molar-refractivity contribution in [1.82, 2.24) is 10.3 Å². The molecule has 0 radical (unpaired) electrons. The molecule has 2 fully saturated rings. The minimum absolute atomic E-state index is 0.0369. The minimum Gasteiger partial charge on any atom is -0.351 e. The third kappa shape index (κ3) is 5.74. The van der Waals surface area contributed by atoms with E-state index >= 15 is 0 Å². The van der Waals surface area contributed by atoms with Gasteiger partial charge in [0.15, 0.2) is 0 Å². The first-order valence-corrected chi connectivity index (χ1v) is 13.1. The molecule has 41 heavy (non-hydrogen) atoms. The predicted octanol–water partition coefficient (Wildman–Crippen LogP) is 4.93. The molecule has 3 aromatic rings. The molecule has 210 valence electrons. The molecule has 2 heterocycles. The Morgan fingerprint density at radius 3 is 2.59 bits per heavy atom. The molecule has 1 saturated heterocycles. The van der Waals surface area contributed by atoms with Crippen molar-refractivity contribution in [1.29, 1.82) is 5.26 Å². The van der Waals surface area contributed by atoms with Crippen molar-refractivity contribution in [3.63, 3.8) is 0 Å². The molecular weight excluding hydrogens is 559 g/mol. The Morgan fingerprint density at radius 2 is 1.90 bits per heavy atom. The van der Waals surface area contributed by atoms with Crippen molar-refractivity contribution in [2.75, 3.05) is 9.80 Å². The summed E-state index contributed by atoms with van der Waals surface area (Å²) in [6, 6.07) is 12.1. The number of aromatic nitrogens is 1. The van der Waals surface area contributed by atoms with Gasteiger partial charge in [-0.1, -0.05) is 35.9 Å². The summed E-state index contributed by atoms with van der Waals surface area (Å²) in [5, 5.41) is 11.7. The number of hydrogen-bond donors (Lipinski definition) is 1. The Labute approximate surface area is 238 Å². The van der Waals surface area contributed by atoms with Crippen LogP contribution in [-0.2, 0) is 14.4 Å². The maximum absolute atomic E-state index is 14.2. The number of nitriles is 1. The summed E-state index contributed by atoms with van der Waals surface area (Å²) < 4.78 is 42.3. The van der Waals surface area contributed by atoms with Crippen LogP contribution < -0.4 is 15.1 Å². The van der Waals surface area contributed by atoms with Crippen LogP contribution in [0.1, 0.15) is 42.9 Å². The fraction of sp³-hybridized carbons (Fsp3) is 0.276. The van der Waals surface area contributed by atoms with Gasteiger partial charge in [-0.25, -0.2) is 13.2 Å². The second-order valence-electron chi connectivity index (χ2n) is 9.94. The van der Waals surface area contributed by atoms with Gasteiger partial charge in [-0.05, 0) is 30.7 Å². The topological polar surface area (TPSA) is 106 Å². The van der Waals surface area contributed by atoms with E-state index < -0.39 is 54.5 Å². The first kappa shape index (κ1) is 28.1. The Kier molecular flexibility index (Phi) is 7.69. The average Bonchev–Trinajstić information content (AvgIpc) is 3.32. The highest BCUT2D eigenvalue weighted by Crippen LogP contribution is 2.46. The zero-order valence-electron chi connectivity index (χ0n) is 21.4. The highest BCUT2D eigenvalue weighted by atomic mass is 35.5. The summed E-state index contributed by atoms with van der Waals surface area (Å²) in [5.41, 5.74) is 0.878. The highest BCUT2D eigenvalue weighted by Gasteiger charge is 2.51. The minimum atomic E-state index is -2.98. The first-order valence-electron chi connectivity index (χ1n) is 12.8. The van der Waals surface area contributed by atoms with E-state index in [1.807, 2.05) is 6.07 Å². The zero-order chi connectivity index (χ0) is 29.3. The fourth-order valence-corrected chi connectivity index (χ4v) is 5.55. The van der Waals surface area contributed by atoms with Crippen LogP contribution in [0.5, 0.6) is 0 Å². The smallest absolute Gasteiger partial charge is 0.254 e. The number of rotatable bonds is 7. The number of nitrogens with one attached hydrogen (secondary N) is 1. The fourth-order valence-electron chi connectivity index (χ4n) is 5.31. The van der Waals surface area contributed by atoms with E-state index in [0.717, 1.165) is 12.3 Å². The number of benzene rings is 2. The lowest BCUT2D eigenvalue weighted by Gasteiger charge is -2.47. The molecule has 1 aliphatic heterocycles. The van der Waals surface area contributed by atoms with Crippen molar-refractivity contribution in [2.45, 2.75) is 49.7 Å². The number of carbonyl (C=O) groups is 3. The van der Waals surface area contributed by atoms with Gasteiger partial charge < -0.3 is 4.90 Å². The van der Waals surface area contributed by atoms with E-state index in [1.54, 1.807) is 30.3 Å². The molecule has 0 unspecified atom stereocenters. The monoisotopic (exact) mass is 581 g/mol. The average molecular weight is 582 g/mol. The molecule has 8 nitrogen and oxygen atoms in total. The van der Waals surface area contributed by atoms with Crippen LogP contribution in [0.2, 0.25) is 5.02 Å². The summed E-state index contributed by atoms with van der Waals surface area (Å²) in [7, 11) is 0. The maximum atomic E-state index is 14.2. The van der Waals surface area contributed by atoms with Gasteiger partial charge >= 0.3 is 0 Å². The maximum Gasteiger partial charge on any atom is 0.254 e. The SMILES string of the molecule is N#Cc1cccc(N2C(=O)CC[C@H]2C(=O)NC(=O)[C@H](c2ccccc2Cl)N(c2cncc(F)c2)C2CC(F)(F)C2)c1. The molecule has 2 atom stereocenters. The molecule has 1 N–H and O–H groups in total. The number of amides is 3. The summed E-state index contributed by atoms with van der Waals surface area (Å²) in [5.74, 6) is -5.78. The molecule has 1 aromatic heterocycles. The Morgan fingerprint density at radius 1 is 1.15 bits per heavy atom. The summed E-state index contributed by atoms with van der Waals surface area (Å²) in [4.78, 5) is 46.5. The number of hydrogen-bond acceptors (Lipinski definition) is 6. The van der Waals surface area contributed by atoms with Gasteiger partial charge in [0.05, 0.1) is 29.7 Å². The van der Waals surface area contributed by atoms with Gasteiger partial charge in [0, 0.05) is 47.6 Å². The van der Waals surface area contributed by atoms with Gasteiger partial charge in [0.1, 0.15) is 17.9 Å². The molecule has 12 heteroatoms. The van der Waals surface area contributed by atoms with Crippen LogP contribution in [0, 0.1) is 17.1 Å². The van der Waals surface area contributed by atoms with Gasteiger partial charge in [-0.15, -0.1) is 0 Å². The van der Waals surface area contributed by atoms with Crippen LogP contribution in [0.25, 0.3) is 0 Å². The number of imide groups is 1. The van der Waals surface area contributed by atoms with E-state index in [0.29, 0.717) is 5.69 Å². The molecule has 3 amide bonds. The van der Waals surface area contributed by atoms with Crippen molar-refractivity contribution in [3.8, 4) is 6.07 Å². The molecule has 2 aromatic carbocycles. The molecule has 0 spiro atoms. The van der Waals surface area contributed by atoms with E-state index in [-0.39, 0.29) is 40.6 Å². The second-order valence-corrected chi connectivity index (χ2v) is 10.4. The van der Waals surface area contributed by atoms with Crippen LogP contribution in [0.3, 0.4) is 0 Å². The third-order valence-electron chi connectivity index (χ3n) is 7.19. The lowest BCUT2D eigenvalue weighted by Crippen LogP contribution is -2.56. The summed E-state index contributed by atoms with van der Waals surface area (Å²) in [6.07, 6.45) is 1.13. The van der Waals surface area contributed by atoms with Gasteiger partial charge in [0.2, 0.25) is 11.8 Å². The number of halogens is 4. The number of carbonyl (C=O) groups excluding carboxylic acids is 3. The largest absolute Gasteiger partial charge is 0.351 e. The van der Waals surface area contributed by atoms with Gasteiger partial charge in [0.25, 0.3) is 11.8 Å². The van der Waals surface area contributed by atoms with Crippen molar-refractivity contribution >= 4 is 40.7 Å². The zero-order valence-corrected chi connectivity index (χ0v) is 22.2. The van der Waals surface area contributed by atoms with Crippen molar-refractivity contribution in [2.24, 2.45) is 0 Å². The first-order chi connectivity index (χ1) is 19.6. The van der Waals surface area contributed by atoms with E-state index in [9.17, 15) is 32.8 Å². The lowest BCUT2D eigenvalue weighted by molar-refractivity contribution is -0.133. The number of alkyl halides is 2. The molecule has 1 aliphatic carbocycles. The quantitative estimate of drug-likeness (QED) is 0.424. The van der Waals surface area contributed by atoms with Gasteiger partial charge in [-0.3, -0.25) is 29.6 Å².